The van der Waals surface area contributed by atoms with Crippen LogP contribution in [0, 0.1) is 0 Å². The van der Waals surface area contributed by atoms with Gasteiger partial charge in [0.05, 0.1) is 0 Å². The Labute approximate surface area is 124 Å². The van der Waals surface area contributed by atoms with Crippen molar-refractivity contribution in [3.05, 3.63) is 60.7 Å². The van der Waals surface area contributed by atoms with Crippen molar-refractivity contribution in [3.8, 4) is 0 Å². The second-order valence-corrected chi connectivity index (χ2v) is 5.12. The molecule has 21 heavy (non-hydrogen) atoms. The number of nitrogens with two attached hydrogens (primary N) is 1. The lowest BCUT2D eigenvalue weighted by Crippen LogP contribution is -2.20. The van der Waals surface area contributed by atoms with Crippen LogP contribution in [0.25, 0.3) is 10.8 Å². The zero-order chi connectivity index (χ0) is 14.7. The third kappa shape index (κ3) is 2.79. The Morgan fingerprint density at radius 2 is 1.71 bits per heavy atom. The summed E-state index contributed by atoms with van der Waals surface area (Å²) in [4.78, 5) is 10.5. The van der Waals surface area contributed by atoms with Gasteiger partial charge in [0, 0.05) is 60.5 Å². The molecule has 4 heteroatoms. The van der Waals surface area contributed by atoms with E-state index < -0.39 is 0 Å². The predicted octanol–water partition coefficient (Wildman–Crippen LogP) is 2.89. The van der Waals surface area contributed by atoms with E-state index in [-0.39, 0.29) is 0 Å². The van der Waals surface area contributed by atoms with Gasteiger partial charge in [-0.1, -0.05) is 0 Å². The average Bonchev–Trinajstić information content (AvgIpc) is 2.54. The van der Waals surface area contributed by atoms with Crippen LogP contribution in [-0.2, 0) is 6.42 Å². The molecular formula is C17H18N4. The van der Waals surface area contributed by atoms with Gasteiger partial charge in [-0.2, -0.15) is 0 Å². The molecular weight excluding hydrogens is 260 g/mol. The number of fused-ring (bicyclic) bond motifs is 1. The van der Waals surface area contributed by atoms with E-state index in [9.17, 15) is 0 Å². The Morgan fingerprint density at radius 1 is 0.952 bits per heavy atom. The van der Waals surface area contributed by atoms with Gasteiger partial charge in [0.25, 0.3) is 0 Å². The monoisotopic (exact) mass is 278 g/mol. The number of rotatable bonds is 4. The molecule has 2 N–H and O–H groups in total. The minimum absolute atomic E-state index is 0.768. The number of nitrogens with zero attached hydrogens (tertiary/aromatic N) is 3. The van der Waals surface area contributed by atoms with E-state index in [1.165, 1.54) is 11.3 Å². The molecule has 0 fully saturated rings. The molecule has 0 atom stereocenters. The first kappa shape index (κ1) is 13.4. The van der Waals surface area contributed by atoms with Crippen LogP contribution in [0.1, 0.15) is 5.56 Å². The molecule has 4 nitrogen and oxygen atoms in total. The molecule has 0 radical (unpaired) electrons. The van der Waals surface area contributed by atoms with Gasteiger partial charge in [-0.25, -0.2) is 0 Å². The Kier molecular flexibility index (Phi) is 3.69. The molecule has 0 saturated carbocycles. The van der Waals surface area contributed by atoms with Crippen molar-refractivity contribution in [1.82, 2.24) is 9.97 Å². The van der Waals surface area contributed by atoms with E-state index in [1.54, 1.807) is 0 Å². The van der Waals surface area contributed by atoms with Crippen molar-refractivity contribution in [2.75, 3.05) is 24.2 Å². The third-order valence-electron chi connectivity index (χ3n) is 3.73. The minimum Gasteiger partial charge on any atom is -0.398 e. The first-order chi connectivity index (χ1) is 10.3. The lowest BCUT2D eigenvalue weighted by molar-refractivity contribution is 0.878. The van der Waals surface area contributed by atoms with Crippen LogP contribution in [0.15, 0.2) is 55.1 Å². The highest BCUT2D eigenvalue weighted by Gasteiger charge is 2.08. The number of hydrogen-bond donors (Lipinski definition) is 1. The predicted molar refractivity (Wildman–Crippen MR) is 87.4 cm³/mol. The molecule has 0 amide bonds. The lowest BCUT2D eigenvalue weighted by Gasteiger charge is -2.21. The summed E-state index contributed by atoms with van der Waals surface area (Å²) in [5.41, 5.74) is 9.26. The summed E-state index contributed by atoms with van der Waals surface area (Å²) in [5.74, 6) is 0. The summed E-state index contributed by atoms with van der Waals surface area (Å²) in [6.45, 7) is 0.936. The van der Waals surface area contributed by atoms with Crippen LogP contribution >= 0.6 is 0 Å². The minimum atomic E-state index is 0.768. The Hall–Kier alpha value is -2.62. The van der Waals surface area contributed by atoms with E-state index >= 15 is 0 Å². The van der Waals surface area contributed by atoms with E-state index in [4.69, 9.17) is 5.73 Å². The average molecular weight is 278 g/mol. The molecule has 0 unspecified atom stereocenters. The lowest BCUT2D eigenvalue weighted by atomic mass is 10.1. The van der Waals surface area contributed by atoms with Gasteiger partial charge in [-0.15, -0.1) is 0 Å². The maximum atomic E-state index is 6.02. The third-order valence-corrected chi connectivity index (χ3v) is 3.73. The summed E-state index contributed by atoms with van der Waals surface area (Å²) in [5, 5.41) is 2.15. The number of hydrogen-bond acceptors (Lipinski definition) is 4. The fourth-order valence-electron chi connectivity index (χ4n) is 2.50. The number of pyridine rings is 2. The van der Waals surface area contributed by atoms with E-state index in [0.717, 1.165) is 29.4 Å². The largest absolute Gasteiger partial charge is 0.398 e. The number of aromatic nitrogens is 2. The Balaban J connectivity index is 1.85. The van der Waals surface area contributed by atoms with Crippen LogP contribution in [-0.4, -0.2) is 23.6 Å². The quantitative estimate of drug-likeness (QED) is 0.746. The van der Waals surface area contributed by atoms with E-state index in [1.807, 2.05) is 36.9 Å². The fourth-order valence-corrected chi connectivity index (χ4v) is 2.50. The topological polar surface area (TPSA) is 55.0 Å². The van der Waals surface area contributed by atoms with Crippen LogP contribution in [0.5, 0.6) is 0 Å². The summed E-state index contributed by atoms with van der Waals surface area (Å²) < 4.78 is 0. The molecule has 0 aliphatic carbocycles. The molecule has 3 aromatic rings. The van der Waals surface area contributed by atoms with Crippen molar-refractivity contribution < 1.29 is 0 Å². The second kappa shape index (κ2) is 5.79. The maximum Gasteiger partial charge on any atom is 0.0446 e. The van der Waals surface area contributed by atoms with Gasteiger partial charge in [0.2, 0.25) is 0 Å². The zero-order valence-corrected chi connectivity index (χ0v) is 12.0. The standard InChI is InChI=1S/C17H18N4/c1-21(11-7-13-4-8-19-9-5-13)17-3-2-16(18)15-12-20-10-6-14(15)17/h2-6,8-10,12H,7,11,18H2,1H3. The highest BCUT2D eigenvalue weighted by atomic mass is 15.1. The number of likely N-dealkylation sites (N-methyl/N-ethyl adjacent to an activating group) is 1. The van der Waals surface area contributed by atoms with Gasteiger partial charge in [-0.3, -0.25) is 9.97 Å². The van der Waals surface area contributed by atoms with Crippen molar-refractivity contribution in [1.29, 1.82) is 0 Å². The zero-order valence-electron chi connectivity index (χ0n) is 12.0. The molecule has 0 aliphatic rings. The summed E-state index contributed by atoms with van der Waals surface area (Å²) >= 11 is 0. The van der Waals surface area contributed by atoms with E-state index in [2.05, 4.69) is 40.1 Å². The first-order valence-corrected chi connectivity index (χ1v) is 6.98. The maximum absolute atomic E-state index is 6.02. The van der Waals surface area contributed by atoms with Crippen molar-refractivity contribution in [2.45, 2.75) is 6.42 Å². The number of nitrogen functional groups attached to an aromatic ring is 1. The van der Waals surface area contributed by atoms with Gasteiger partial charge in [0.1, 0.15) is 0 Å². The molecule has 106 valence electrons. The van der Waals surface area contributed by atoms with Crippen molar-refractivity contribution in [3.63, 3.8) is 0 Å². The van der Waals surface area contributed by atoms with Crippen LogP contribution < -0.4 is 10.6 Å². The highest BCUT2D eigenvalue weighted by molar-refractivity contribution is 6.00. The molecule has 0 bridgehead atoms. The normalized spacial score (nSPS) is 10.7. The molecule has 0 spiro atoms. The van der Waals surface area contributed by atoms with Crippen LogP contribution in [0.4, 0.5) is 11.4 Å². The summed E-state index contributed by atoms with van der Waals surface area (Å²) in [6, 6.07) is 10.1. The SMILES string of the molecule is CN(CCc1ccncc1)c1ccc(N)c2cnccc12. The van der Waals surface area contributed by atoms with Gasteiger partial charge < -0.3 is 10.6 Å². The molecule has 0 saturated heterocycles. The highest BCUT2D eigenvalue weighted by Crippen LogP contribution is 2.29. The van der Waals surface area contributed by atoms with Crippen LogP contribution in [0.2, 0.25) is 0 Å². The molecule has 2 heterocycles. The first-order valence-electron chi connectivity index (χ1n) is 6.98. The molecule has 0 aliphatic heterocycles. The smallest absolute Gasteiger partial charge is 0.0446 e. The molecule has 2 aromatic heterocycles. The van der Waals surface area contributed by atoms with Gasteiger partial charge >= 0.3 is 0 Å². The molecule has 1 aromatic carbocycles. The Morgan fingerprint density at radius 3 is 2.52 bits per heavy atom. The number of benzene rings is 1. The number of anilines is 2. The van der Waals surface area contributed by atoms with Crippen molar-refractivity contribution >= 4 is 22.1 Å². The Bertz CT molecular complexity index is 740. The summed E-state index contributed by atoms with van der Waals surface area (Å²) in [7, 11) is 2.10. The fraction of sp³-hybridized carbons (Fsp3) is 0.176. The second-order valence-electron chi connectivity index (χ2n) is 5.12. The summed E-state index contributed by atoms with van der Waals surface area (Å²) in [6.07, 6.45) is 8.28. The van der Waals surface area contributed by atoms with Gasteiger partial charge in [-0.05, 0) is 42.3 Å². The van der Waals surface area contributed by atoms with Crippen LogP contribution in [0.3, 0.4) is 0 Å². The van der Waals surface area contributed by atoms with Crippen molar-refractivity contribution in [2.24, 2.45) is 0 Å². The van der Waals surface area contributed by atoms with Gasteiger partial charge in [0.15, 0.2) is 0 Å². The molecule has 3 rings (SSSR count). The van der Waals surface area contributed by atoms with E-state index in [0.29, 0.717) is 0 Å².